The molecular formula is C12H12BrN3O2. The molecule has 0 bridgehead atoms. The molecule has 0 spiro atoms. The number of halogens is 1. The maximum atomic E-state index is 12.0. The van der Waals surface area contributed by atoms with E-state index in [-0.39, 0.29) is 5.91 Å². The van der Waals surface area contributed by atoms with Crippen LogP contribution in [0.1, 0.15) is 21.7 Å². The normalized spacial score (nSPS) is 10.3. The minimum Gasteiger partial charge on any atom is -0.352 e. The highest BCUT2D eigenvalue weighted by Gasteiger charge is 2.10. The molecule has 0 aliphatic heterocycles. The molecular weight excluding hydrogens is 298 g/mol. The molecule has 1 heterocycles. The van der Waals surface area contributed by atoms with Crippen molar-refractivity contribution in [2.75, 3.05) is 6.54 Å². The molecule has 6 heteroatoms. The van der Waals surface area contributed by atoms with Crippen LogP contribution >= 0.6 is 15.9 Å². The van der Waals surface area contributed by atoms with E-state index in [4.69, 9.17) is 0 Å². The van der Waals surface area contributed by atoms with Crippen molar-refractivity contribution < 1.29 is 9.32 Å². The van der Waals surface area contributed by atoms with Gasteiger partial charge >= 0.3 is 0 Å². The van der Waals surface area contributed by atoms with Crippen molar-refractivity contribution in [2.45, 2.75) is 13.3 Å². The number of carbonyl (C=O) groups excluding carboxylic acids is 1. The fourth-order valence-electron chi connectivity index (χ4n) is 1.54. The average Bonchev–Trinajstić information content (AvgIpc) is 2.85. The zero-order chi connectivity index (χ0) is 13.0. The quantitative estimate of drug-likeness (QED) is 0.939. The average molecular weight is 310 g/mol. The number of amides is 1. The summed E-state index contributed by atoms with van der Waals surface area (Å²) in [7, 11) is 0. The highest BCUT2D eigenvalue weighted by Crippen LogP contribution is 2.19. The topological polar surface area (TPSA) is 68.0 Å². The molecule has 2 rings (SSSR count). The summed E-state index contributed by atoms with van der Waals surface area (Å²) < 4.78 is 5.54. The van der Waals surface area contributed by atoms with Gasteiger partial charge in [0.05, 0.1) is 0 Å². The van der Waals surface area contributed by atoms with Crippen LogP contribution in [0.4, 0.5) is 0 Å². The van der Waals surface area contributed by atoms with Gasteiger partial charge in [-0.2, -0.15) is 4.98 Å². The molecule has 0 saturated heterocycles. The van der Waals surface area contributed by atoms with Crippen LogP contribution in [0.25, 0.3) is 0 Å². The fraction of sp³-hybridized carbons (Fsp3) is 0.250. The smallest absolute Gasteiger partial charge is 0.251 e. The molecule has 0 aliphatic carbocycles. The molecule has 0 fully saturated rings. The Morgan fingerprint density at radius 2 is 2.33 bits per heavy atom. The third-order valence-corrected chi connectivity index (χ3v) is 3.41. The highest BCUT2D eigenvalue weighted by atomic mass is 79.9. The minimum absolute atomic E-state index is 0.0997. The molecule has 0 atom stereocenters. The van der Waals surface area contributed by atoms with Crippen LogP contribution in [-0.4, -0.2) is 22.6 Å². The van der Waals surface area contributed by atoms with Crippen LogP contribution in [0.15, 0.2) is 33.6 Å². The van der Waals surface area contributed by atoms with E-state index >= 15 is 0 Å². The van der Waals surface area contributed by atoms with Gasteiger partial charge < -0.3 is 9.84 Å². The van der Waals surface area contributed by atoms with Gasteiger partial charge in [0.15, 0.2) is 5.82 Å². The molecule has 1 N–H and O–H groups in total. The lowest BCUT2D eigenvalue weighted by molar-refractivity contribution is 0.0953. The summed E-state index contributed by atoms with van der Waals surface area (Å²) in [6.45, 7) is 2.38. The van der Waals surface area contributed by atoms with E-state index < -0.39 is 0 Å². The van der Waals surface area contributed by atoms with E-state index in [0.29, 0.717) is 24.4 Å². The maximum absolute atomic E-state index is 12.0. The van der Waals surface area contributed by atoms with E-state index in [1.807, 2.05) is 19.1 Å². The van der Waals surface area contributed by atoms with Crippen molar-refractivity contribution in [1.29, 1.82) is 0 Å². The molecule has 18 heavy (non-hydrogen) atoms. The monoisotopic (exact) mass is 309 g/mol. The number of hydrogen-bond acceptors (Lipinski definition) is 4. The summed E-state index contributed by atoms with van der Waals surface area (Å²) in [5.74, 6) is 0.485. The number of nitrogens with one attached hydrogen (secondary N) is 1. The molecule has 0 radical (unpaired) electrons. The van der Waals surface area contributed by atoms with Crippen molar-refractivity contribution in [3.05, 3.63) is 46.0 Å². The van der Waals surface area contributed by atoms with Crippen LogP contribution in [-0.2, 0) is 6.42 Å². The van der Waals surface area contributed by atoms with Gasteiger partial charge in [-0.15, -0.1) is 0 Å². The van der Waals surface area contributed by atoms with Gasteiger partial charge in [-0.05, 0) is 24.6 Å². The Kier molecular flexibility index (Phi) is 4.09. The molecule has 0 aliphatic rings. The lowest BCUT2D eigenvalue weighted by Crippen LogP contribution is -2.26. The van der Waals surface area contributed by atoms with Crippen LogP contribution in [0.3, 0.4) is 0 Å². The van der Waals surface area contributed by atoms with Crippen molar-refractivity contribution >= 4 is 21.8 Å². The highest BCUT2D eigenvalue weighted by molar-refractivity contribution is 9.10. The van der Waals surface area contributed by atoms with Gasteiger partial charge in [0, 0.05) is 23.0 Å². The lowest BCUT2D eigenvalue weighted by Gasteiger charge is -2.07. The Morgan fingerprint density at radius 1 is 1.50 bits per heavy atom. The molecule has 1 aromatic heterocycles. The minimum atomic E-state index is -0.0997. The summed E-state index contributed by atoms with van der Waals surface area (Å²) in [6.07, 6.45) is 1.82. The number of aromatic nitrogens is 2. The Bertz CT molecular complexity index is 540. The van der Waals surface area contributed by atoms with Crippen LogP contribution in [0.2, 0.25) is 0 Å². The molecule has 1 amide bonds. The Hall–Kier alpha value is -1.69. The Morgan fingerprint density at radius 3 is 3.06 bits per heavy atom. The first-order chi connectivity index (χ1) is 8.68. The second kappa shape index (κ2) is 5.77. The second-order valence-corrected chi connectivity index (χ2v) is 4.62. The molecule has 2 aromatic rings. The van der Waals surface area contributed by atoms with E-state index in [9.17, 15) is 4.79 Å². The molecule has 1 aromatic carbocycles. The summed E-state index contributed by atoms with van der Waals surface area (Å²) in [4.78, 5) is 15.8. The van der Waals surface area contributed by atoms with Gasteiger partial charge in [-0.3, -0.25) is 4.79 Å². The zero-order valence-corrected chi connectivity index (χ0v) is 11.4. The first kappa shape index (κ1) is 12.8. The summed E-state index contributed by atoms with van der Waals surface area (Å²) >= 11 is 3.40. The van der Waals surface area contributed by atoms with E-state index in [1.54, 1.807) is 6.07 Å². The Balaban J connectivity index is 1.93. The van der Waals surface area contributed by atoms with Crippen LogP contribution in [0, 0.1) is 6.92 Å². The van der Waals surface area contributed by atoms with E-state index in [0.717, 1.165) is 10.0 Å². The first-order valence-electron chi connectivity index (χ1n) is 5.47. The van der Waals surface area contributed by atoms with Crippen molar-refractivity contribution in [2.24, 2.45) is 0 Å². The number of hydrogen-bond donors (Lipinski definition) is 1. The standard InChI is InChI=1S/C12H12BrN3O2/c1-8-9(3-2-4-10(8)13)12(17)14-6-5-11-15-7-18-16-11/h2-4,7H,5-6H2,1H3,(H,14,17). The molecule has 94 valence electrons. The second-order valence-electron chi connectivity index (χ2n) is 3.77. The summed E-state index contributed by atoms with van der Waals surface area (Å²) in [5.41, 5.74) is 1.59. The maximum Gasteiger partial charge on any atom is 0.251 e. The molecule has 0 unspecified atom stereocenters. The van der Waals surface area contributed by atoms with Crippen LogP contribution in [0.5, 0.6) is 0 Å². The van der Waals surface area contributed by atoms with Gasteiger partial charge in [0.25, 0.3) is 5.91 Å². The van der Waals surface area contributed by atoms with E-state index in [2.05, 4.69) is 35.9 Å². The van der Waals surface area contributed by atoms with Crippen LogP contribution < -0.4 is 5.32 Å². The van der Waals surface area contributed by atoms with E-state index in [1.165, 1.54) is 6.39 Å². The SMILES string of the molecule is Cc1c(Br)cccc1C(=O)NCCc1ncon1. The lowest BCUT2D eigenvalue weighted by atomic mass is 10.1. The predicted octanol–water partition coefficient (Wildman–Crippen LogP) is 2.11. The van der Waals surface area contributed by atoms with Gasteiger partial charge in [0.1, 0.15) is 0 Å². The van der Waals surface area contributed by atoms with Crippen molar-refractivity contribution in [1.82, 2.24) is 15.5 Å². The van der Waals surface area contributed by atoms with Gasteiger partial charge in [0.2, 0.25) is 6.39 Å². The fourth-order valence-corrected chi connectivity index (χ4v) is 1.91. The van der Waals surface area contributed by atoms with Crippen molar-refractivity contribution in [3.8, 4) is 0 Å². The third-order valence-electron chi connectivity index (χ3n) is 2.55. The van der Waals surface area contributed by atoms with Gasteiger partial charge in [-0.25, -0.2) is 0 Å². The summed E-state index contributed by atoms with van der Waals surface area (Å²) in [5, 5.41) is 6.50. The molecule has 0 saturated carbocycles. The third kappa shape index (κ3) is 2.95. The Labute approximate surface area is 113 Å². The first-order valence-corrected chi connectivity index (χ1v) is 6.26. The zero-order valence-electron chi connectivity index (χ0n) is 9.81. The van der Waals surface area contributed by atoms with Crippen molar-refractivity contribution in [3.63, 3.8) is 0 Å². The largest absolute Gasteiger partial charge is 0.352 e. The number of benzene rings is 1. The van der Waals surface area contributed by atoms with Gasteiger partial charge in [-0.1, -0.05) is 27.2 Å². The number of carbonyl (C=O) groups is 1. The number of nitrogens with zero attached hydrogens (tertiary/aromatic N) is 2. The number of rotatable bonds is 4. The summed E-state index contributed by atoms with van der Waals surface area (Å²) in [6, 6.07) is 5.54. The molecule has 5 nitrogen and oxygen atoms in total. The predicted molar refractivity (Wildman–Crippen MR) is 69.2 cm³/mol.